The van der Waals surface area contributed by atoms with E-state index in [1.165, 1.54) is 0 Å². The molecule has 7 heteroatoms. The van der Waals surface area contributed by atoms with Gasteiger partial charge >= 0.3 is 0 Å². The molecule has 0 radical (unpaired) electrons. The highest BCUT2D eigenvalue weighted by Crippen LogP contribution is 2.22. The zero-order valence-electron chi connectivity index (χ0n) is 14.7. The molecule has 0 aromatic carbocycles. The van der Waals surface area contributed by atoms with Crippen LogP contribution < -0.4 is 5.32 Å². The van der Waals surface area contributed by atoms with Crippen LogP contribution in [0, 0.1) is 5.92 Å². The Morgan fingerprint density at radius 2 is 2.28 bits per heavy atom. The third-order valence-electron chi connectivity index (χ3n) is 4.09. The lowest BCUT2D eigenvalue weighted by Gasteiger charge is -2.20. The number of rotatable bonds is 6. The van der Waals surface area contributed by atoms with Gasteiger partial charge in [0.05, 0.1) is 24.5 Å². The molecule has 0 aliphatic carbocycles. The molecule has 3 rings (SSSR count). The Kier molecular flexibility index (Phi) is 5.75. The largest absolute Gasteiger partial charge is 0.381 e. The van der Waals surface area contributed by atoms with E-state index in [1.54, 1.807) is 18.3 Å². The number of carbonyl (C=O) groups excluding carboxylic acids is 1. The van der Waals surface area contributed by atoms with E-state index in [4.69, 9.17) is 9.26 Å². The maximum atomic E-state index is 12.2. The van der Waals surface area contributed by atoms with Gasteiger partial charge in [0.25, 0.3) is 5.91 Å². The fraction of sp³-hybridized carbons (Fsp3) is 0.556. The molecule has 25 heavy (non-hydrogen) atoms. The van der Waals surface area contributed by atoms with E-state index in [-0.39, 0.29) is 17.6 Å². The molecule has 2 aromatic rings. The van der Waals surface area contributed by atoms with Gasteiger partial charge in [-0.05, 0) is 31.2 Å². The summed E-state index contributed by atoms with van der Waals surface area (Å²) in [6.07, 6.45) is 4.58. The van der Waals surface area contributed by atoms with Gasteiger partial charge < -0.3 is 14.6 Å². The molecule has 0 bridgehead atoms. The van der Waals surface area contributed by atoms with Gasteiger partial charge in [0.1, 0.15) is 5.82 Å². The molecule has 1 aliphatic rings. The number of hydrogen-bond acceptors (Lipinski definition) is 6. The zero-order chi connectivity index (χ0) is 17.6. The van der Waals surface area contributed by atoms with Crippen LogP contribution in [0.25, 0.3) is 0 Å². The lowest BCUT2D eigenvalue weighted by molar-refractivity contribution is 0.0779. The zero-order valence-corrected chi connectivity index (χ0v) is 14.7. The average Bonchev–Trinajstić information content (AvgIpc) is 3.08. The van der Waals surface area contributed by atoms with Gasteiger partial charge in [0, 0.05) is 24.8 Å². The predicted molar refractivity (Wildman–Crippen MR) is 91.0 cm³/mol. The average molecular weight is 344 g/mol. The molecule has 1 saturated heterocycles. The van der Waals surface area contributed by atoms with Gasteiger partial charge in [-0.1, -0.05) is 19.0 Å². The fourth-order valence-corrected chi connectivity index (χ4v) is 2.84. The summed E-state index contributed by atoms with van der Waals surface area (Å²) in [5.74, 6) is 1.42. The van der Waals surface area contributed by atoms with Crippen LogP contribution in [-0.2, 0) is 17.7 Å². The Bertz CT molecular complexity index is 708. The summed E-state index contributed by atoms with van der Waals surface area (Å²) >= 11 is 0. The minimum Gasteiger partial charge on any atom is -0.381 e. The van der Waals surface area contributed by atoms with Crippen molar-refractivity contribution in [3.05, 3.63) is 41.3 Å². The molecule has 2 aromatic heterocycles. The van der Waals surface area contributed by atoms with Crippen molar-refractivity contribution in [1.82, 2.24) is 20.4 Å². The molecule has 1 aliphatic heterocycles. The quantitative estimate of drug-likeness (QED) is 0.866. The Morgan fingerprint density at radius 3 is 3.04 bits per heavy atom. The molecule has 134 valence electrons. The van der Waals surface area contributed by atoms with Crippen LogP contribution in [-0.4, -0.2) is 34.2 Å². The summed E-state index contributed by atoms with van der Waals surface area (Å²) in [5.41, 5.74) is 1.56. The van der Waals surface area contributed by atoms with Crippen molar-refractivity contribution in [3.8, 4) is 0 Å². The Labute approximate surface area is 147 Å². The van der Waals surface area contributed by atoms with Gasteiger partial charge in [-0.2, -0.15) is 0 Å². The monoisotopic (exact) mass is 344 g/mol. The number of ether oxygens (including phenoxy) is 1. The first-order chi connectivity index (χ1) is 12.1. The van der Waals surface area contributed by atoms with Gasteiger partial charge in [-0.25, -0.2) is 9.97 Å². The van der Waals surface area contributed by atoms with Crippen molar-refractivity contribution in [3.63, 3.8) is 0 Å². The summed E-state index contributed by atoms with van der Waals surface area (Å²) < 4.78 is 10.6. The summed E-state index contributed by atoms with van der Waals surface area (Å²) in [4.78, 5) is 21.1. The molecule has 0 saturated carbocycles. The molecule has 1 N–H and O–H groups in total. The van der Waals surface area contributed by atoms with Crippen LogP contribution in [0.2, 0.25) is 0 Å². The Balaban J connectivity index is 1.57. The highest BCUT2D eigenvalue weighted by molar-refractivity contribution is 5.91. The van der Waals surface area contributed by atoms with Crippen LogP contribution in [0.5, 0.6) is 0 Å². The van der Waals surface area contributed by atoms with E-state index < -0.39 is 0 Å². The van der Waals surface area contributed by atoms with Crippen molar-refractivity contribution < 1.29 is 14.1 Å². The molecule has 1 fully saturated rings. The predicted octanol–water partition coefficient (Wildman–Crippen LogP) is 2.49. The second-order valence-corrected chi connectivity index (χ2v) is 6.78. The maximum absolute atomic E-state index is 12.2. The van der Waals surface area contributed by atoms with E-state index in [1.807, 2.05) is 0 Å². The summed E-state index contributed by atoms with van der Waals surface area (Å²) in [6.45, 7) is 5.98. The SMILES string of the molecule is CC(C)Cc1cc(C(=O)NCc2ccnc([C@H]3CCCOC3)n2)on1. The van der Waals surface area contributed by atoms with Crippen LogP contribution in [0.15, 0.2) is 22.9 Å². The fourth-order valence-electron chi connectivity index (χ4n) is 2.84. The third-order valence-corrected chi connectivity index (χ3v) is 4.09. The first-order valence-electron chi connectivity index (χ1n) is 8.75. The minimum absolute atomic E-state index is 0.227. The highest BCUT2D eigenvalue weighted by atomic mass is 16.5. The van der Waals surface area contributed by atoms with E-state index in [2.05, 4.69) is 34.3 Å². The van der Waals surface area contributed by atoms with E-state index >= 15 is 0 Å². The van der Waals surface area contributed by atoms with E-state index in [0.717, 1.165) is 43.1 Å². The summed E-state index contributed by atoms with van der Waals surface area (Å²) in [5, 5.41) is 6.75. The normalized spacial score (nSPS) is 17.6. The number of carbonyl (C=O) groups is 1. The number of amides is 1. The topological polar surface area (TPSA) is 90.1 Å². The lowest BCUT2D eigenvalue weighted by Crippen LogP contribution is -2.24. The smallest absolute Gasteiger partial charge is 0.290 e. The van der Waals surface area contributed by atoms with Crippen molar-refractivity contribution >= 4 is 5.91 Å². The molecule has 3 heterocycles. The lowest BCUT2D eigenvalue weighted by atomic mass is 10.0. The van der Waals surface area contributed by atoms with Crippen molar-refractivity contribution in [2.24, 2.45) is 5.92 Å². The second kappa shape index (κ2) is 8.20. The van der Waals surface area contributed by atoms with Gasteiger partial charge in [0.15, 0.2) is 0 Å². The van der Waals surface area contributed by atoms with Crippen molar-refractivity contribution in [2.45, 2.75) is 45.6 Å². The highest BCUT2D eigenvalue weighted by Gasteiger charge is 2.19. The van der Waals surface area contributed by atoms with E-state index in [0.29, 0.717) is 19.1 Å². The van der Waals surface area contributed by atoms with Crippen molar-refractivity contribution in [2.75, 3.05) is 13.2 Å². The molecule has 0 unspecified atom stereocenters. The Morgan fingerprint density at radius 1 is 1.40 bits per heavy atom. The molecular formula is C18H24N4O3. The maximum Gasteiger partial charge on any atom is 0.290 e. The van der Waals surface area contributed by atoms with Crippen molar-refractivity contribution in [1.29, 1.82) is 0 Å². The molecule has 7 nitrogen and oxygen atoms in total. The number of nitrogens with one attached hydrogen (secondary N) is 1. The summed E-state index contributed by atoms with van der Waals surface area (Å²) in [7, 11) is 0. The molecule has 0 spiro atoms. The summed E-state index contributed by atoms with van der Waals surface area (Å²) in [6, 6.07) is 3.50. The van der Waals surface area contributed by atoms with Gasteiger partial charge in [-0.15, -0.1) is 0 Å². The third kappa shape index (κ3) is 4.85. The number of nitrogens with zero attached hydrogens (tertiary/aromatic N) is 3. The van der Waals surface area contributed by atoms with Gasteiger partial charge in [-0.3, -0.25) is 4.79 Å². The molecule has 1 amide bonds. The van der Waals surface area contributed by atoms with Crippen LogP contribution in [0.4, 0.5) is 0 Å². The van der Waals surface area contributed by atoms with Crippen LogP contribution in [0.3, 0.4) is 0 Å². The minimum atomic E-state index is -0.288. The van der Waals surface area contributed by atoms with Crippen LogP contribution in [0.1, 0.15) is 60.4 Å². The molecule has 1 atom stereocenters. The van der Waals surface area contributed by atoms with Gasteiger partial charge in [0.2, 0.25) is 5.76 Å². The first-order valence-corrected chi connectivity index (χ1v) is 8.75. The number of hydrogen-bond donors (Lipinski definition) is 1. The molecular weight excluding hydrogens is 320 g/mol. The first kappa shape index (κ1) is 17.5. The van der Waals surface area contributed by atoms with Crippen LogP contribution >= 0.6 is 0 Å². The van der Waals surface area contributed by atoms with E-state index in [9.17, 15) is 4.79 Å². The standard InChI is InChI=1S/C18H24N4O3/c1-12(2)8-15-9-16(25-22-15)18(23)20-10-14-5-6-19-17(21-14)13-4-3-7-24-11-13/h5-6,9,12-13H,3-4,7-8,10-11H2,1-2H3,(H,20,23)/t13-/m0/s1. The number of aromatic nitrogens is 3. The Hall–Kier alpha value is -2.28. The second-order valence-electron chi connectivity index (χ2n) is 6.78.